The molecule has 1 nitrogen and oxygen atoms in total. The Bertz CT molecular complexity index is 203. The molecule has 2 aliphatic rings. The molecule has 1 N–H and O–H groups in total. The Kier molecular flexibility index (Phi) is 1.82. The van der Waals surface area contributed by atoms with Crippen LogP contribution in [0, 0.1) is 5.92 Å². The van der Waals surface area contributed by atoms with Gasteiger partial charge in [0.05, 0.1) is 0 Å². The Morgan fingerprint density at radius 1 is 1.64 bits per heavy atom. The zero-order valence-electron chi connectivity index (χ0n) is 7.01. The summed E-state index contributed by atoms with van der Waals surface area (Å²) in [6, 6.07) is 0.671. The number of nitrogens with one attached hydrogen (secondary N) is 1. The molecule has 1 aliphatic heterocycles. The summed E-state index contributed by atoms with van der Waals surface area (Å²) in [7, 11) is 0. The standard InChI is InChI=1S/C10H15N/c1-2-10-9-6-4-3-5-8(9)7-11-10/h3-4,6,8,10-11H,2,5,7H2,1H3. The molecule has 0 saturated carbocycles. The zero-order valence-corrected chi connectivity index (χ0v) is 7.01. The van der Waals surface area contributed by atoms with E-state index in [2.05, 4.69) is 30.5 Å². The summed E-state index contributed by atoms with van der Waals surface area (Å²) in [5.41, 5.74) is 1.63. The van der Waals surface area contributed by atoms with Gasteiger partial charge in [0, 0.05) is 12.6 Å². The lowest BCUT2D eigenvalue weighted by molar-refractivity contribution is 0.631. The van der Waals surface area contributed by atoms with Gasteiger partial charge in [0.1, 0.15) is 0 Å². The molecule has 1 heterocycles. The highest BCUT2D eigenvalue weighted by Gasteiger charge is 2.27. The van der Waals surface area contributed by atoms with Crippen LogP contribution < -0.4 is 5.32 Å². The summed E-state index contributed by atoms with van der Waals surface area (Å²) in [5.74, 6) is 0.810. The predicted molar refractivity (Wildman–Crippen MR) is 47.4 cm³/mol. The van der Waals surface area contributed by atoms with Gasteiger partial charge in [0.15, 0.2) is 0 Å². The monoisotopic (exact) mass is 149 g/mol. The summed E-state index contributed by atoms with van der Waals surface area (Å²) >= 11 is 0. The van der Waals surface area contributed by atoms with Crippen molar-refractivity contribution in [2.24, 2.45) is 5.92 Å². The fourth-order valence-corrected chi connectivity index (χ4v) is 2.08. The number of hydrogen-bond acceptors (Lipinski definition) is 1. The molecular weight excluding hydrogens is 134 g/mol. The Morgan fingerprint density at radius 2 is 2.55 bits per heavy atom. The Morgan fingerprint density at radius 3 is 3.36 bits per heavy atom. The highest BCUT2D eigenvalue weighted by atomic mass is 15.0. The van der Waals surface area contributed by atoms with Gasteiger partial charge in [0.2, 0.25) is 0 Å². The minimum Gasteiger partial charge on any atom is -0.310 e. The minimum absolute atomic E-state index is 0.671. The first-order valence-corrected chi connectivity index (χ1v) is 4.52. The summed E-state index contributed by atoms with van der Waals surface area (Å²) in [5, 5.41) is 3.54. The molecule has 0 aromatic rings. The second kappa shape index (κ2) is 2.82. The van der Waals surface area contributed by atoms with Crippen LogP contribution in [0.25, 0.3) is 0 Å². The Hall–Kier alpha value is -0.560. The van der Waals surface area contributed by atoms with Crippen molar-refractivity contribution in [1.29, 1.82) is 0 Å². The summed E-state index contributed by atoms with van der Waals surface area (Å²) in [6.45, 7) is 3.44. The van der Waals surface area contributed by atoms with Crippen LogP contribution in [0.15, 0.2) is 23.8 Å². The molecule has 0 radical (unpaired) electrons. The van der Waals surface area contributed by atoms with E-state index >= 15 is 0 Å². The third-order valence-corrected chi connectivity index (χ3v) is 2.74. The van der Waals surface area contributed by atoms with Crippen molar-refractivity contribution >= 4 is 0 Å². The molecule has 2 atom stereocenters. The SMILES string of the molecule is CCC1NCC2CC=CC=C21. The van der Waals surface area contributed by atoms with Gasteiger partial charge < -0.3 is 5.32 Å². The van der Waals surface area contributed by atoms with Gasteiger partial charge in [-0.15, -0.1) is 0 Å². The fraction of sp³-hybridized carbons (Fsp3) is 0.600. The first-order chi connectivity index (χ1) is 5.42. The first-order valence-electron chi connectivity index (χ1n) is 4.52. The van der Waals surface area contributed by atoms with E-state index in [4.69, 9.17) is 0 Å². The highest BCUT2D eigenvalue weighted by molar-refractivity contribution is 5.28. The van der Waals surface area contributed by atoms with E-state index in [0.29, 0.717) is 6.04 Å². The molecule has 0 aromatic heterocycles. The van der Waals surface area contributed by atoms with Crippen LogP contribution in [0.4, 0.5) is 0 Å². The van der Waals surface area contributed by atoms with Gasteiger partial charge in [-0.1, -0.05) is 25.2 Å². The van der Waals surface area contributed by atoms with Crippen LogP contribution in [-0.2, 0) is 0 Å². The molecule has 11 heavy (non-hydrogen) atoms. The van der Waals surface area contributed by atoms with Crippen LogP contribution in [-0.4, -0.2) is 12.6 Å². The largest absolute Gasteiger partial charge is 0.310 e. The smallest absolute Gasteiger partial charge is 0.0283 e. The molecular formula is C10H15N. The van der Waals surface area contributed by atoms with E-state index < -0.39 is 0 Å². The zero-order chi connectivity index (χ0) is 7.68. The Balaban J connectivity index is 2.19. The Labute approximate surface area is 68.2 Å². The highest BCUT2D eigenvalue weighted by Crippen LogP contribution is 2.29. The van der Waals surface area contributed by atoms with Crippen molar-refractivity contribution in [2.45, 2.75) is 25.8 Å². The van der Waals surface area contributed by atoms with E-state index in [1.165, 1.54) is 19.4 Å². The quantitative estimate of drug-likeness (QED) is 0.600. The second-order valence-corrected chi connectivity index (χ2v) is 3.40. The van der Waals surface area contributed by atoms with Crippen LogP contribution in [0.1, 0.15) is 19.8 Å². The van der Waals surface area contributed by atoms with E-state index in [0.717, 1.165) is 5.92 Å². The molecule has 0 spiro atoms. The second-order valence-electron chi connectivity index (χ2n) is 3.40. The lowest BCUT2D eigenvalue weighted by atomic mass is 9.90. The maximum atomic E-state index is 3.54. The number of rotatable bonds is 1. The summed E-state index contributed by atoms with van der Waals surface area (Å²) in [4.78, 5) is 0. The van der Waals surface area contributed by atoms with Gasteiger partial charge in [-0.3, -0.25) is 0 Å². The predicted octanol–water partition coefficient (Wildman–Crippen LogP) is 1.87. The van der Waals surface area contributed by atoms with Gasteiger partial charge in [0.25, 0.3) is 0 Å². The van der Waals surface area contributed by atoms with Crippen molar-refractivity contribution < 1.29 is 0 Å². The van der Waals surface area contributed by atoms with Crippen molar-refractivity contribution in [3.8, 4) is 0 Å². The topological polar surface area (TPSA) is 12.0 Å². The van der Waals surface area contributed by atoms with Crippen molar-refractivity contribution in [3.63, 3.8) is 0 Å². The normalized spacial score (nSPS) is 35.2. The van der Waals surface area contributed by atoms with Crippen LogP contribution in [0.2, 0.25) is 0 Å². The van der Waals surface area contributed by atoms with E-state index in [9.17, 15) is 0 Å². The molecule has 2 unspecified atom stereocenters. The van der Waals surface area contributed by atoms with Crippen LogP contribution >= 0.6 is 0 Å². The maximum absolute atomic E-state index is 3.54. The molecule has 60 valence electrons. The molecule has 1 heteroatoms. The van der Waals surface area contributed by atoms with E-state index in [-0.39, 0.29) is 0 Å². The third kappa shape index (κ3) is 1.14. The third-order valence-electron chi connectivity index (χ3n) is 2.74. The summed E-state index contributed by atoms with van der Waals surface area (Å²) < 4.78 is 0. The summed E-state index contributed by atoms with van der Waals surface area (Å²) in [6.07, 6.45) is 9.24. The van der Waals surface area contributed by atoms with Gasteiger partial charge in [-0.05, 0) is 24.3 Å². The lowest BCUT2D eigenvalue weighted by Crippen LogP contribution is -2.20. The molecule has 1 fully saturated rings. The molecule has 0 aromatic carbocycles. The molecule has 0 amide bonds. The van der Waals surface area contributed by atoms with Gasteiger partial charge >= 0.3 is 0 Å². The maximum Gasteiger partial charge on any atom is 0.0283 e. The number of allylic oxidation sites excluding steroid dienone is 3. The molecule has 1 saturated heterocycles. The average molecular weight is 149 g/mol. The number of hydrogen-bond donors (Lipinski definition) is 1. The minimum atomic E-state index is 0.671. The van der Waals surface area contributed by atoms with Crippen molar-refractivity contribution in [3.05, 3.63) is 23.8 Å². The lowest BCUT2D eigenvalue weighted by Gasteiger charge is -2.15. The van der Waals surface area contributed by atoms with Crippen molar-refractivity contribution in [1.82, 2.24) is 5.32 Å². The average Bonchev–Trinajstić information content (AvgIpc) is 2.47. The number of fused-ring (bicyclic) bond motifs is 1. The molecule has 2 rings (SSSR count). The van der Waals surface area contributed by atoms with E-state index in [1.54, 1.807) is 5.57 Å². The van der Waals surface area contributed by atoms with Crippen molar-refractivity contribution in [2.75, 3.05) is 6.54 Å². The molecule has 0 bridgehead atoms. The fourth-order valence-electron chi connectivity index (χ4n) is 2.08. The first kappa shape index (κ1) is 7.11. The van der Waals surface area contributed by atoms with Crippen LogP contribution in [0.3, 0.4) is 0 Å². The van der Waals surface area contributed by atoms with Gasteiger partial charge in [-0.2, -0.15) is 0 Å². The molecule has 1 aliphatic carbocycles. The van der Waals surface area contributed by atoms with Gasteiger partial charge in [-0.25, -0.2) is 0 Å². The van der Waals surface area contributed by atoms with E-state index in [1.807, 2.05) is 0 Å². The van der Waals surface area contributed by atoms with Crippen LogP contribution in [0.5, 0.6) is 0 Å².